The third-order valence-corrected chi connectivity index (χ3v) is 14.5. The Morgan fingerprint density at radius 3 is 2.28 bits per heavy atom. The van der Waals surface area contributed by atoms with E-state index in [1.54, 1.807) is 18.2 Å². The fourth-order valence-electron chi connectivity index (χ4n) is 9.56. The quantitative estimate of drug-likeness (QED) is 0.316. The van der Waals surface area contributed by atoms with E-state index in [0.717, 1.165) is 95.7 Å². The van der Waals surface area contributed by atoms with Crippen LogP contribution in [0.3, 0.4) is 0 Å². The number of amides is 2. The lowest BCUT2D eigenvalue weighted by molar-refractivity contribution is -0.129. The summed E-state index contributed by atoms with van der Waals surface area (Å²) in [6.07, 6.45) is 6.12. The molecular weight excluding hydrogens is 658 g/mol. The minimum atomic E-state index is -3.50. The van der Waals surface area contributed by atoms with E-state index in [1.807, 2.05) is 18.2 Å². The summed E-state index contributed by atoms with van der Waals surface area (Å²) >= 11 is 0. The molecule has 0 bridgehead atoms. The Labute approximate surface area is 295 Å². The Kier molecular flexibility index (Phi) is 9.97. The Morgan fingerprint density at radius 2 is 1.66 bits per heavy atom. The van der Waals surface area contributed by atoms with E-state index < -0.39 is 21.2 Å². The van der Waals surface area contributed by atoms with Crippen LogP contribution in [0.15, 0.2) is 66.1 Å². The van der Waals surface area contributed by atoms with Gasteiger partial charge in [-0.2, -0.15) is 0 Å². The fourth-order valence-corrected chi connectivity index (χ4v) is 11.2. The number of sulfone groups is 1. The first kappa shape index (κ1) is 34.9. The summed E-state index contributed by atoms with van der Waals surface area (Å²) in [6, 6.07) is 14.2. The van der Waals surface area contributed by atoms with Crippen LogP contribution in [0.25, 0.3) is 0 Å². The van der Waals surface area contributed by atoms with Crippen molar-refractivity contribution in [2.75, 3.05) is 70.3 Å². The highest BCUT2D eigenvalue weighted by Gasteiger charge is 2.53. The number of hydrogen-bond acceptors (Lipinski definition) is 7. The lowest BCUT2D eigenvalue weighted by Gasteiger charge is -2.54. The molecule has 1 saturated carbocycles. The molecule has 0 radical (unpaired) electrons. The molecule has 2 amide bonds. The van der Waals surface area contributed by atoms with Gasteiger partial charge in [-0.05, 0) is 118 Å². The summed E-state index contributed by atoms with van der Waals surface area (Å²) in [5, 5.41) is 12.0. The van der Waals surface area contributed by atoms with Gasteiger partial charge in [0.15, 0.2) is 9.84 Å². The zero-order chi connectivity index (χ0) is 35.0. The number of carbonyl (C=O) groups excluding carboxylic acids is 1. The number of carbonyl (C=O) groups is 2. The van der Waals surface area contributed by atoms with Crippen LogP contribution < -0.4 is 10.2 Å². The van der Waals surface area contributed by atoms with Gasteiger partial charge >= 0.3 is 6.09 Å². The van der Waals surface area contributed by atoms with Crippen LogP contribution in [0.2, 0.25) is 0 Å². The van der Waals surface area contributed by atoms with E-state index in [9.17, 15) is 27.5 Å². The fraction of sp³-hybridized carbons (Fsp3) is 0.579. The number of hydrogen-bond donors (Lipinski definition) is 2. The molecule has 5 aliphatic rings. The second-order valence-corrected chi connectivity index (χ2v) is 17.5. The predicted molar refractivity (Wildman–Crippen MR) is 190 cm³/mol. The molecule has 270 valence electrons. The highest BCUT2D eigenvalue weighted by molar-refractivity contribution is 7.92. The second kappa shape index (κ2) is 14.3. The van der Waals surface area contributed by atoms with Crippen LogP contribution in [0, 0.1) is 23.6 Å². The molecule has 1 aliphatic carbocycles. The van der Waals surface area contributed by atoms with Gasteiger partial charge < -0.3 is 30.0 Å². The van der Waals surface area contributed by atoms with Crippen LogP contribution in [-0.2, 0) is 20.0 Å². The molecule has 5 fully saturated rings. The van der Waals surface area contributed by atoms with Gasteiger partial charge in [-0.25, -0.2) is 17.6 Å². The minimum Gasteiger partial charge on any atom is -0.465 e. The molecule has 12 heteroatoms. The van der Waals surface area contributed by atoms with Crippen molar-refractivity contribution < 1.29 is 27.5 Å². The lowest BCUT2D eigenvalue weighted by atomic mass is 9.57. The van der Waals surface area contributed by atoms with Gasteiger partial charge in [0.1, 0.15) is 11.1 Å². The van der Waals surface area contributed by atoms with Gasteiger partial charge in [-0.1, -0.05) is 25.1 Å². The van der Waals surface area contributed by atoms with Crippen LogP contribution in [-0.4, -0.2) is 117 Å². The summed E-state index contributed by atoms with van der Waals surface area (Å²) in [7, 11) is -3.50. The molecule has 3 atom stereocenters. The Bertz CT molecular complexity index is 1670. The maximum atomic E-state index is 14.9. The van der Waals surface area contributed by atoms with E-state index in [2.05, 4.69) is 32.7 Å². The van der Waals surface area contributed by atoms with Gasteiger partial charge in [0.2, 0.25) is 5.91 Å². The molecule has 4 heterocycles. The first-order chi connectivity index (χ1) is 24.1. The van der Waals surface area contributed by atoms with Crippen LogP contribution in [0.4, 0.5) is 14.9 Å². The zero-order valence-corrected chi connectivity index (χ0v) is 29.6. The van der Waals surface area contributed by atoms with Gasteiger partial charge in [0.05, 0.1) is 4.90 Å². The van der Waals surface area contributed by atoms with E-state index in [4.69, 9.17) is 0 Å². The Hall–Kier alpha value is -3.48. The monoisotopic (exact) mass is 707 g/mol. The topological polar surface area (TPSA) is 114 Å². The van der Waals surface area contributed by atoms with Gasteiger partial charge in [0, 0.05) is 62.3 Å². The summed E-state index contributed by atoms with van der Waals surface area (Å²) in [5.41, 5.74) is 1.72. The highest BCUT2D eigenvalue weighted by atomic mass is 32.2. The third-order valence-electron chi connectivity index (χ3n) is 12.4. The van der Waals surface area contributed by atoms with Crippen molar-refractivity contribution in [2.45, 2.75) is 60.1 Å². The standard InChI is InChI=1S/C38H50FN5O5S/c1-2-36(45)44-24-33(25-44)50(48,49)32-12-10-31(11-13-32)43-22-27(23-43)21-41-18-14-28(15-19-41)38(26-42-16-5-17-42,29-6-3-7-30(39)20-29)34-8-4-9-35(34)40-37(46)47/h2-3,6-7,10-13,20,27-28,33-35,40H,1,4-5,8-9,14-19,21-26H2,(H,46,47)/t34-,35-,38-/m0/s1. The molecule has 0 spiro atoms. The maximum absolute atomic E-state index is 14.9. The average molecular weight is 708 g/mol. The third kappa shape index (κ3) is 6.78. The average Bonchev–Trinajstić information content (AvgIpc) is 3.49. The molecule has 50 heavy (non-hydrogen) atoms. The molecule has 4 saturated heterocycles. The molecule has 0 aromatic heterocycles. The number of nitrogens with one attached hydrogen (secondary N) is 1. The van der Waals surface area contributed by atoms with Gasteiger partial charge in [0.25, 0.3) is 0 Å². The van der Waals surface area contributed by atoms with Crippen molar-refractivity contribution in [1.82, 2.24) is 20.0 Å². The Morgan fingerprint density at radius 1 is 0.940 bits per heavy atom. The molecule has 2 aromatic carbocycles. The highest BCUT2D eigenvalue weighted by Crippen LogP contribution is 2.51. The van der Waals surface area contributed by atoms with E-state index >= 15 is 0 Å². The van der Waals surface area contributed by atoms with Crippen molar-refractivity contribution in [3.63, 3.8) is 0 Å². The number of benzene rings is 2. The van der Waals surface area contributed by atoms with Crippen molar-refractivity contribution in [3.05, 3.63) is 72.6 Å². The van der Waals surface area contributed by atoms with Crippen molar-refractivity contribution in [1.29, 1.82) is 0 Å². The van der Waals surface area contributed by atoms with E-state index in [0.29, 0.717) is 16.7 Å². The van der Waals surface area contributed by atoms with Crippen molar-refractivity contribution in [2.24, 2.45) is 17.8 Å². The number of halogens is 1. The van der Waals surface area contributed by atoms with E-state index in [1.165, 1.54) is 23.5 Å². The van der Waals surface area contributed by atoms with Crippen LogP contribution in [0.1, 0.15) is 44.1 Å². The smallest absolute Gasteiger partial charge is 0.404 e. The van der Waals surface area contributed by atoms with Gasteiger partial charge in [-0.15, -0.1) is 0 Å². The lowest BCUT2D eigenvalue weighted by Crippen LogP contribution is -2.60. The molecule has 7 rings (SSSR count). The summed E-state index contributed by atoms with van der Waals surface area (Å²) < 4.78 is 41.0. The molecule has 2 aromatic rings. The van der Waals surface area contributed by atoms with Crippen molar-refractivity contribution >= 4 is 27.5 Å². The summed E-state index contributed by atoms with van der Waals surface area (Å²) in [6.45, 7) is 11.6. The molecule has 0 unspecified atom stereocenters. The SMILES string of the molecule is C=CC(=O)N1CC(S(=O)(=O)c2ccc(N3CC(CN4CCC([C@@](CN5CCC5)(c5cccc(F)c5)[C@H]5CCC[C@@H]5NC(=O)O)CC4)C3)cc2)C1. The largest absolute Gasteiger partial charge is 0.465 e. The number of anilines is 1. The van der Waals surface area contributed by atoms with E-state index in [-0.39, 0.29) is 42.2 Å². The van der Waals surface area contributed by atoms with Gasteiger partial charge in [-0.3, -0.25) is 4.79 Å². The summed E-state index contributed by atoms with van der Waals surface area (Å²) in [4.78, 5) is 32.8. The number of likely N-dealkylation sites (tertiary alicyclic amines) is 3. The molecule has 2 N–H and O–H groups in total. The second-order valence-electron chi connectivity index (χ2n) is 15.2. The minimum absolute atomic E-state index is 0.115. The molecular formula is C38H50FN5O5S. The first-order valence-corrected chi connectivity index (χ1v) is 19.8. The first-order valence-electron chi connectivity index (χ1n) is 18.3. The number of piperidine rings is 1. The number of nitrogens with zero attached hydrogens (tertiary/aromatic N) is 4. The number of rotatable bonds is 12. The zero-order valence-electron chi connectivity index (χ0n) is 28.8. The summed E-state index contributed by atoms with van der Waals surface area (Å²) in [5.74, 6) is 0.484. The van der Waals surface area contributed by atoms with Crippen molar-refractivity contribution in [3.8, 4) is 0 Å². The van der Waals surface area contributed by atoms with Crippen LogP contribution in [0.5, 0.6) is 0 Å². The Balaban J connectivity index is 0.977. The molecule has 10 nitrogen and oxygen atoms in total. The molecule has 4 aliphatic heterocycles. The number of carboxylic acid groups (broad SMARTS) is 1. The predicted octanol–water partition coefficient (Wildman–Crippen LogP) is 4.22. The maximum Gasteiger partial charge on any atom is 0.404 e. The van der Waals surface area contributed by atoms with Crippen LogP contribution >= 0.6 is 0 Å². The normalized spacial score (nSPS) is 25.3.